The van der Waals surface area contributed by atoms with E-state index in [4.69, 9.17) is 4.74 Å². The molecule has 0 saturated carbocycles. The Morgan fingerprint density at radius 1 is 1.33 bits per heavy atom. The highest BCUT2D eigenvalue weighted by Crippen LogP contribution is 2.30. The van der Waals surface area contributed by atoms with Gasteiger partial charge in [0.25, 0.3) is 5.69 Å². The van der Waals surface area contributed by atoms with Crippen LogP contribution in [0.5, 0.6) is 11.6 Å². The molecule has 1 heterocycles. The molecule has 0 radical (unpaired) electrons. The summed E-state index contributed by atoms with van der Waals surface area (Å²) in [5.74, 6) is 1.22. The lowest BCUT2D eigenvalue weighted by Gasteiger charge is -2.10. The molecule has 2 aromatic rings. The van der Waals surface area contributed by atoms with E-state index in [1.165, 1.54) is 6.07 Å². The molecule has 0 saturated heterocycles. The van der Waals surface area contributed by atoms with Crippen LogP contribution in [0.2, 0.25) is 0 Å². The van der Waals surface area contributed by atoms with Crippen molar-refractivity contribution in [3.05, 3.63) is 45.6 Å². The Bertz CT molecular complexity index is 673. The maximum absolute atomic E-state index is 10.9. The summed E-state index contributed by atoms with van der Waals surface area (Å²) in [6.07, 6.45) is 0. The maximum atomic E-state index is 10.9. The van der Waals surface area contributed by atoms with Gasteiger partial charge in [-0.1, -0.05) is 6.07 Å². The third-order valence-electron chi connectivity index (χ3n) is 2.83. The van der Waals surface area contributed by atoms with E-state index in [1.807, 2.05) is 13.8 Å². The molecule has 0 fully saturated rings. The third-order valence-corrected chi connectivity index (χ3v) is 2.83. The van der Waals surface area contributed by atoms with E-state index < -0.39 is 4.92 Å². The second-order valence-electron chi connectivity index (χ2n) is 4.46. The summed E-state index contributed by atoms with van der Waals surface area (Å²) in [6, 6.07) is 6.38. The molecule has 0 aliphatic heterocycles. The molecule has 21 heavy (non-hydrogen) atoms. The molecule has 1 aromatic heterocycles. The van der Waals surface area contributed by atoms with Crippen LogP contribution in [0.3, 0.4) is 0 Å². The smallest absolute Gasteiger partial charge is 0.276 e. The Kier molecular flexibility index (Phi) is 4.32. The lowest BCUT2D eigenvalue weighted by atomic mass is 10.2. The van der Waals surface area contributed by atoms with Crippen LogP contribution in [0.15, 0.2) is 24.3 Å². The zero-order valence-corrected chi connectivity index (χ0v) is 12.1. The largest absolute Gasteiger partial charge is 0.438 e. The van der Waals surface area contributed by atoms with Gasteiger partial charge in [-0.3, -0.25) is 10.1 Å². The van der Waals surface area contributed by atoms with Gasteiger partial charge in [0.05, 0.1) is 10.5 Å². The Morgan fingerprint density at radius 2 is 2.10 bits per heavy atom. The molecular weight excluding hydrogens is 272 g/mol. The van der Waals surface area contributed by atoms with Crippen LogP contribution in [-0.2, 0) is 0 Å². The summed E-state index contributed by atoms with van der Waals surface area (Å²) in [6.45, 7) is 6.11. The number of hydrogen-bond acceptors (Lipinski definition) is 6. The first kappa shape index (κ1) is 14.7. The van der Waals surface area contributed by atoms with Gasteiger partial charge in [-0.25, -0.2) is 4.98 Å². The van der Waals surface area contributed by atoms with Gasteiger partial charge < -0.3 is 10.1 Å². The topological polar surface area (TPSA) is 90.2 Å². The van der Waals surface area contributed by atoms with Crippen molar-refractivity contribution < 1.29 is 9.66 Å². The zero-order valence-electron chi connectivity index (χ0n) is 12.1. The van der Waals surface area contributed by atoms with E-state index in [9.17, 15) is 10.1 Å². The molecule has 7 nitrogen and oxygen atoms in total. The lowest BCUT2D eigenvalue weighted by molar-refractivity contribution is -0.385. The first-order chi connectivity index (χ1) is 10.0. The number of nitro groups is 1. The predicted octanol–water partition coefficient (Wildman–Crippen LogP) is 3.23. The van der Waals surface area contributed by atoms with Crippen molar-refractivity contribution in [3.8, 4) is 11.6 Å². The van der Waals surface area contributed by atoms with Crippen molar-refractivity contribution in [1.82, 2.24) is 9.97 Å². The van der Waals surface area contributed by atoms with Crippen molar-refractivity contribution in [2.45, 2.75) is 20.8 Å². The predicted molar refractivity (Wildman–Crippen MR) is 78.8 cm³/mol. The van der Waals surface area contributed by atoms with E-state index in [0.717, 1.165) is 5.69 Å². The maximum Gasteiger partial charge on any atom is 0.276 e. The average molecular weight is 288 g/mol. The van der Waals surface area contributed by atoms with E-state index in [1.54, 1.807) is 25.1 Å². The number of hydrogen-bond donors (Lipinski definition) is 1. The summed E-state index contributed by atoms with van der Waals surface area (Å²) in [5.41, 5.74) is 1.23. The number of benzene rings is 1. The number of ether oxygens (including phenoxy) is 1. The molecule has 7 heteroatoms. The van der Waals surface area contributed by atoms with Crippen molar-refractivity contribution in [1.29, 1.82) is 0 Å². The number of aryl methyl sites for hydroxylation is 1. The highest BCUT2D eigenvalue weighted by molar-refractivity contribution is 5.49. The molecule has 110 valence electrons. The molecule has 2 rings (SSSR count). The van der Waals surface area contributed by atoms with Crippen LogP contribution in [0.25, 0.3) is 0 Å². The highest BCUT2D eigenvalue weighted by atomic mass is 16.6. The minimum Gasteiger partial charge on any atom is -0.438 e. The standard InChI is InChI=1S/C14H16N4O3/c1-4-15-14-16-9(2)8-13(17-14)21-12-7-5-6-11(10(12)3)18(19)20/h5-8H,4H2,1-3H3,(H,15,16,17). The lowest BCUT2D eigenvalue weighted by Crippen LogP contribution is -2.04. The molecule has 1 aromatic carbocycles. The normalized spacial score (nSPS) is 10.2. The highest BCUT2D eigenvalue weighted by Gasteiger charge is 2.15. The average Bonchev–Trinajstić information content (AvgIpc) is 2.40. The number of nitro benzene ring substituents is 1. The Balaban J connectivity index is 2.34. The second-order valence-corrected chi connectivity index (χ2v) is 4.46. The first-order valence-corrected chi connectivity index (χ1v) is 6.52. The first-order valence-electron chi connectivity index (χ1n) is 6.52. The van der Waals surface area contributed by atoms with Gasteiger partial charge >= 0.3 is 0 Å². The van der Waals surface area contributed by atoms with Crippen LogP contribution >= 0.6 is 0 Å². The molecule has 0 unspecified atom stereocenters. The summed E-state index contributed by atoms with van der Waals surface area (Å²) >= 11 is 0. The van der Waals surface area contributed by atoms with Gasteiger partial charge in [0.15, 0.2) is 0 Å². The fourth-order valence-corrected chi connectivity index (χ4v) is 1.85. The summed E-state index contributed by atoms with van der Waals surface area (Å²) in [4.78, 5) is 18.9. The van der Waals surface area contributed by atoms with Crippen LogP contribution in [-0.4, -0.2) is 21.4 Å². The van der Waals surface area contributed by atoms with Gasteiger partial charge in [0.2, 0.25) is 11.8 Å². The fraction of sp³-hybridized carbons (Fsp3) is 0.286. The van der Waals surface area contributed by atoms with E-state index in [0.29, 0.717) is 29.7 Å². The minimum atomic E-state index is -0.433. The van der Waals surface area contributed by atoms with E-state index in [2.05, 4.69) is 15.3 Å². The Labute approximate surface area is 122 Å². The fourth-order valence-electron chi connectivity index (χ4n) is 1.85. The number of aromatic nitrogens is 2. The van der Waals surface area contributed by atoms with Crippen LogP contribution in [0.1, 0.15) is 18.2 Å². The Morgan fingerprint density at radius 3 is 2.76 bits per heavy atom. The van der Waals surface area contributed by atoms with Gasteiger partial charge in [-0.15, -0.1) is 0 Å². The van der Waals surface area contributed by atoms with Crippen LogP contribution < -0.4 is 10.1 Å². The summed E-state index contributed by atoms with van der Waals surface area (Å²) in [5, 5.41) is 13.9. The SMILES string of the molecule is CCNc1nc(C)cc(Oc2cccc([N+](=O)[O-])c2C)n1. The van der Waals surface area contributed by atoms with Crippen molar-refractivity contribution >= 4 is 11.6 Å². The zero-order chi connectivity index (χ0) is 15.4. The quantitative estimate of drug-likeness (QED) is 0.671. The molecule has 0 bridgehead atoms. The van der Waals surface area contributed by atoms with Crippen molar-refractivity contribution in [2.24, 2.45) is 0 Å². The van der Waals surface area contributed by atoms with Crippen molar-refractivity contribution in [2.75, 3.05) is 11.9 Å². The minimum absolute atomic E-state index is 0.0187. The summed E-state index contributed by atoms with van der Waals surface area (Å²) in [7, 11) is 0. The van der Waals surface area contributed by atoms with Gasteiger partial charge in [-0.2, -0.15) is 4.98 Å². The molecule has 0 aliphatic carbocycles. The van der Waals surface area contributed by atoms with Gasteiger partial charge in [0, 0.05) is 24.4 Å². The van der Waals surface area contributed by atoms with Crippen molar-refractivity contribution in [3.63, 3.8) is 0 Å². The number of anilines is 1. The van der Waals surface area contributed by atoms with Gasteiger partial charge in [0.1, 0.15) is 5.75 Å². The Hall–Kier alpha value is -2.70. The number of nitrogens with one attached hydrogen (secondary N) is 1. The molecule has 0 atom stereocenters. The van der Waals surface area contributed by atoms with Crippen LogP contribution in [0.4, 0.5) is 11.6 Å². The molecule has 0 aliphatic rings. The van der Waals surface area contributed by atoms with Gasteiger partial charge in [-0.05, 0) is 26.8 Å². The third kappa shape index (κ3) is 3.44. The van der Waals surface area contributed by atoms with E-state index >= 15 is 0 Å². The molecule has 0 amide bonds. The van der Waals surface area contributed by atoms with E-state index in [-0.39, 0.29) is 5.69 Å². The second kappa shape index (κ2) is 6.17. The molecule has 1 N–H and O–H groups in total. The van der Waals surface area contributed by atoms with Crippen LogP contribution in [0, 0.1) is 24.0 Å². The summed E-state index contributed by atoms with van der Waals surface area (Å²) < 4.78 is 5.67. The monoisotopic (exact) mass is 288 g/mol. The number of nitrogens with zero attached hydrogens (tertiary/aromatic N) is 3. The number of rotatable bonds is 5. The molecule has 0 spiro atoms. The molecular formula is C14H16N4O3.